The molecule has 0 radical (unpaired) electrons. The standard InChI is InChI=1S/C21H14Cl2N2O3/c22-16-9-7-15(8-10-16)20(26)25-24-13-14-5-11-17(12-6-14)28-21(27)18-3-1-2-4-19(18)23/h1-13H,(H,25,26). The van der Waals surface area contributed by atoms with Gasteiger partial charge in [-0.25, -0.2) is 10.2 Å². The molecule has 0 bridgehead atoms. The Morgan fingerprint density at radius 1 is 0.893 bits per heavy atom. The summed E-state index contributed by atoms with van der Waals surface area (Å²) >= 11 is 11.8. The molecule has 3 rings (SSSR count). The number of nitrogens with one attached hydrogen (secondary N) is 1. The first-order valence-corrected chi connectivity index (χ1v) is 8.94. The number of carbonyl (C=O) groups excluding carboxylic acids is 2. The summed E-state index contributed by atoms with van der Waals surface area (Å²) in [6.07, 6.45) is 1.48. The Labute approximate surface area is 171 Å². The van der Waals surface area contributed by atoms with Crippen LogP contribution in [0.25, 0.3) is 0 Å². The van der Waals surface area contributed by atoms with E-state index in [1.54, 1.807) is 72.8 Å². The van der Waals surface area contributed by atoms with Crippen LogP contribution in [-0.4, -0.2) is 18.1 Å². The van der Waals surface area contributed by atoms with Gasteiger partial charge < -0.3 is 4.74 Å². The first-order valence-electron chi connectivity index (χ1n) is 8.19. The number of hydrazone groups is 1. The molecule has 0 fully saturated rings. The van der Waals surface area contributed by atoms with Crippen molar-refractivity contribution in [2.75, 3.05) is 0 Å². The zero-order valence-electron chi connectivity index (χ0n) is 14.4. The van der Waals surface area contributed by atoms with Crippen LogP contribution in [0.5, 0.6) is 5.75 Å². The maximum Gasteiger partial charge on any atom is 0.345 e. The molecule has 140 valence electrons. The van der Waals surface area contributed by atoms with Gasteiger partial charge in [-0.1, -0.05) is 35.3 Å². The van der Waals surface area contributed by atoms with E-state index >= 15 is 0 Å². The lowest BCUT2D eigenvalue weighted by molar-refractivity contribution is 0.0734. The zero-order chi connectivity index (χ0) is 19.9. The van der Waals surface area contributed by atoms with Crippen molar-refractivity contribution in [3.8, 4) is 5.75 Å². The molecule has 5 nitrogen and oxygen atoms in total. The van der Waals surface area contributed by atoms with E-state index in [-0.39, 0.29) is 5.91 Å². The number of ether oxygens (including phenoxy) is 1. The van der Waals surface area contributed by atoms with Crippen LogP contribution in [0.15, 0.2) is 77.9 Å². The first kappa shape index (κ1) is 19.6. The molecule has 1 amide bonds. The van der Waals surface area contributed by atoms with Crippen LogP contribution in [0.4, 0.5) is 0 Å². The van der Waals surface area contributed by atoms with Crippen molar-refractivity contribution in [1.82, 2.24) is 5.43 Å². The number of rotatable bonds is 5. The summed E-state index contributed by atoms with van der Waals surface area (Å²) in [4.78, 5) is 24.1. The number of hydrogen-bond acceptors (Lipinski definition) is 4. The number of halogens is 2. The average molecular weight is 413 g/mol. The van der Waals surface area contributed by atoms with Gasteiger partial charge in [0.05, 0.1) is 16.8 Å². The van der Waals surface area contributed by atoms with Gasteiger partial charge in [0.15, 0.2) is 0 Å². The topological polar surface area (TPSA) is 67.8 Å². The lowest BCUT2D eigenvalue weighted by Crippen LogP contribution is -2.17. The fraction of sp³-hybridized carbons (Fsp3) is 0. The number of amides is 1. The Bertz CT molecular complexity index is 1020. The molecule has 28 heavy (non-hydrogen) atoms. The third-order valence-corrected chi connectivity index (χ3v) is 4.25. The van der Waals surface area contributed by atoms with E-state index in [1.807, 2.05) is 0 Å². The molecule has 0 saturated carbocycles. The SMILES string of the molecule is O=C(NN=Cc1ccc(OC(=O)c2ccccc2Cl)cc1)c1ccc(Cl)cc1. The minimum absolute atomic E-state index is 0.291. The molecular weight excluding hydrogens is 399 g/mol. The highest BCUT2D eigenvalue weighted by atomic mass is 35.5. The Morgan fingerprint density at radius 2 is 1.57 bits per heavy atom. The van der Waals surface area contributed by atoms with Gasteiger partial charge >= 0.3 is 5.97 Å². The van der Waals surface area contributed by atoms with E-state index in [9.17, 15) is 9.59 Å². The van der Waals surface area contributed by atoms with Gasteiger partial charge in [0.1, 0.15) is 5.75 Å². The smallest absolute Gasteiger partial charge is 0.345 e. The van der Waals surface area contributed by atoms with Crippen LogP contribution in [0, 0.1) is 0 Å². The highest BCUT2D eigenvalue weighted by Gasteiger charge is 2.12. The molecule has 0 atom stereocenters. The Kier molecular flexibility index (Phi) is 6.42. The molecule has 7 heteroatoms. The third kappa shape index (κ3) is 5.19. The summed E-state index contributed by atoms with van der Waals surface area (Å²) in [6, 6.07) is 19.8. The number of benzene rings is 3. The van der Waals surface area contributed by atoms with Gasteiger partial charge in [0.25, 0.3) is 5.91 Å². The number of esters is 1. The molecule has 0 saturated heterocycles. The lowest BCUT2D eigenvalue weighted by Gasteiger charge is -2.06. The van der Waals surface area contributed by atoms with Crippen molar-refractivity contribution in [2.24, 2.45) is 5.10 Å². The predicted molar refractivity (Wildman–Crippen MR) is 109 cm³/mol. The molecule has 0 aromatic heterocycles. The van der Waals surface area contributed by atoms with Gasteiger partial charge in [0.2, 0.25) is 0 Å². The minimum atomic E-state index is -0.540. The summed E-state index contributed by atoms with van der Waals surface area (Å²) in [5.74, 6) is -0.521. The summed E-state index contributed by atoms with van der Waals surface area (Å²) in [5.41, 5.74) is 3.88. The summed E-state index contributed by atoms with van der Waals surface area (Å²) < 4.78 is 5.30. The second-order valence-corrected chi connectivity index (χ2v) is 6.49. The Morgan fingerprint density at radius 3 is 2.25 bits per heavy atom. The maximum atomic E-state index is 12.1. The minimum Gasteiger partial charge on any atom is -0.423 e. The van der Waals surface area contributed by atoms with Crippen LogP contribution in [0.2, 0.25) is 10.0 Å². The van der Waals surface area contributed by atoms with Crippen LogP contribution < -0.4 is 10.2 Å². The van der Waals surface area contributed by atoms with E-state index in [2.05, 4.69) is 10.5 Å². The molecule has 0 heterocycles. The molecule has 0 aliphatic carbocycles. The van der Waals surface area contributed by atoms with E-state index in [0.717, 1.165) is 0 Å². The second kappa shape index (κ2) is 9.17. The second-order valence-electron chi connectivity index (χ2n) is 5.64. The van der Waals surface area contributed by atoms with Crippen molar-refractivity contribution >= 4 is 41.3 Å². The summed E-state index contributed by atoms with van der Waals surface area (Å²) in [6.45, 7) is 0. The molecule has 3 aromatic rings. The van der Waals surface area contributed by atoms with Crippen LogP contribution >= 0.6 is 23.2 Å². The van der Waals surface area contributed by atoms with Crippen LogP contribution in [-0.2, 0) is 0 Å². The normalized spacial score (nSPS) is 10.6. The quantitative estimate of drug-likeness (QED) is 0.278. The average Bonchev–Trinajstić information content (AvgIpc) is 2.70. The fourth-order valence-electron chi connectivity index (χ4n) is 2.24. The van der Waals surface area contributed by atoms with Gasteiger partial charge in [-0.15, -0.1) is 0 Å². The number of nitrogens with zero attached hydrogens (tertiary/aromatic N) is 1. The van der Waals surface area contributed by atoms with Gasteiger partial charge in [0, 0.05) is 10.6 Å². The Hall–Kier alpha value is -3.15. The first-order chi connectivity index (χ1) is 13.5. The summed E-state index contributed by atoms with van der Waals surface area (Å²) in [7, 11) is 0. The molecule has 0 spiro atoms. The van der Waals surface area contributed by atoms with E-state index < -0.39 is 5.97 Å². The molecule has 0 unspecified atom stereocenters. The third-order valence-electron chi connectivity index (χ3n) is 3.67. The van der Waals surface area contributed by atoms with Gasteiger partial charge in [-0.3, -0.25) is 4.79 Å². The fourth-order valence-corrected chi connectivity index (χ4v) is 2.58. The molecule has 0 aliphatic rings. The van der Waals surface area contributed by atoms with E-state index in [1.165, 1.54) is 6.21 Å². The summed E-state index contributed by atoms with van der Waals surface area (Å²) in [5, 5.41) is 4.79. The zero-order valence-corrected chi connectivity index (χ0v) is 15.9. The number of hydrogen-bond donors (Lipinski definition) is 1. The van der Waals surface area contributed by atoms with Gasteiger partial charge in [-0.05, 0) is 66.2 Å². The van der Waals surface area contributed by atoms with Crippen molar-refractivity contribution in [3.05, 3.63) is 99.5 Å². The molecule has 1 N–H and O–H groups in total. The molecule has 0 aliphatic heterocycles. The number of carbonyl (C=O) groups is 2. The van der Waals surface area contributed by atoms with Gasteiger partial charge in [-0.2, -0.15) is 5.10 Å². The predicted octanol–water partition coefficient (Wildman–Crippen LogP) is 4.98. The van der Waals surface area contributed by atoms with Crippen molar-refractivity contribution in [1.29, 1.82) is 0 Å². The molecular formula is C21H14Cl2N2O3. The van der Waals surface area contributed by atoms with Crippen molar-refractivity contribution in [3.63, 3.8) is 0 Å². The van der Waals surface area contributed by atoms with Crippen molar-refractivity contribution < 1.29 is 14.3 Å². The van der Waals surface area contributed by atoms with Crippen LogP contribution in [0.3, 0.4) is 0 Å². The highest BCUT2D eigenvalue weighted by Crippen LogP contribution is 2.19. The largest absolute Gasteiger partial charge is 0.423 e. The monoisotopic (exact) mass is 412 g/mol. The lowest BCUT2D eigenvalue weighted by atomic mass is 10.2. The maximum absolute atomic E-state index is 12.1. The Balaban J connectivity index is 1.57. The van der Waals surface area contributed by atoms with Crippen molar-refractivity contribution in [2.45, 2.75) is 0 Å². The van der Waals surface area contributed by atoms with E-state index in [4.69, 9.17) is 27.9 Å². The van der Waals surface area contributed by atoms with Crippen LogP contribution in [0.1, 0.15) is 26.3 Å². The highest BCUT2D eigenvalue weighted by molar-refractivity contribution is 6.33. The van der Waals surface area contributed by atoms with E-state index in [0.29, 0.717) is 32.5 Å². The molecule has 3 aromatic carbocycles.